The molecule has 0 unspecified atom stereocenters. The highest BCUT2D eigenvalue weighted by atomic mass is 35.5. The summed E-state index contributed by atoms with van der Waals surface area (Å²) in [5.41, 5.74) is 4.17. The standard InChI is InChI=1S/C18H19ClN4O2.C7H7Cl/c1-25-8-2-7-20-16-6-3-12(10-21-16)18-14-9-13(19)4-5-15(14)23-17(24)11-22-18;1-6-4-2-3-5-7(6)8/h3-6,9-10H,2,7-8,11H2,1H3,(H,20,21)(H,23,24);2-5H,1H3. The average molecular weight is 485 g/mol. The molecule has 0 atom stereocenters. The maximum atomic E-state index is 11.8. The molecule has 3 aromatic rings. The Bertz CT molecular complexity index is 1100. The first-order chi connectivity index (χ1) is 16.0. The van der Waals surface area contributed by atoms with E-state index in [1.54, 1.807) is 31.5 Å². The number of anilines is 2. The monoisotopic (exact) mass is 484 g/mol. The average Bonchev–Trinajstić information content (AvgIpc) is 2.98. The van der Waals surface area contributed by atoms with Crippen molar-refractivity contribution in [2.75, 3.05) is 37.4 Å². The van der Waals surface area contributed by atoms with Crippen molar-refractivity contribution in [3.05, 3.63) is 87.5 Å². The number of hydrogen-bond donors (Lipinski definition) is 2. The number of methoxy groups -OCH3 is 1. The highest BCUT2D eigenvalue weighted by Gasteiger charge is 2.18. The van der Waals surface area contributed by atoms with Crippen molar-refractivity contribution in [3.8, 4) is 0 Å². The van der Waals surface area contributed by atoms with Crippen LogP contribution in [0.1, 0.15) is 23.1 Å². The van der Waals surface area contributed by atoms with Crippen LogP contribution < -0.4 is 10.6 Å². The molecule has 0 saturated carbocycles. The van der Waals surface area contributed by atoms with Gasteiger partial charge in [0, 0.05) is 47.6 Å². The van der Waals surface area contributed by atoms with Crippen LogP contribution in [0.3, 0.4) is 0 Å². The molecule has 0 aliphatic carbocycles. The number of amides is 1. The molecular formula is C25H26Cl2N4O2. The number of pyridine rings is 1. The maximum Gasteiger partial charge on any atom is 0.246 e. The molecule has 0 spiro atoms. The Hall–Kier alpha value is -2.93. The van der Waals surface area contributed by atoms with E-state index in [9.17, 15) is 4.79 Å². The molecule has 2 N–H and O–H groups in total. The smallest absolute Gasteiger partial charge is 0.246 e. The van der Waals surface area contributed by atoms with Crippen LogP contribution in [0.5, 0.6) is 0 Å². The molecular weight excluding hydrogens is 459 g/mol. The van der Waals surface area contributed by atoms with Gasteiger partial charge in [-0.15, -0.1) is 0 Å². The van der Waals surface area contributed by atoms with Crippen molar-refractivity contribution >= 4 is 46.3 Å². The molecule has 1 aliphatic heterocycles. The van der Waals surface area contributed by atoms with E-state index in [-0.39, 0.29) is 12.5 Å². The minimum Gasteiger partial charge on any atom is -0.385 e. The fraction of sp³-hybridized carbons (Fsp3) is 0.240. The number of benzene rings is 2. The van der Waals surface area contributed by atoms with Gasteiger partial charge in [0.1, 0.15) is 12.4 Å². The van der Waals surface area contributed by atoms with Gasteiger partial charge >= 0.3 is 0 Å². The van der Waals surface area contributed by atoms with Crippen LogP contribution in [0.2, 0.25) is 10.0 Å². The Labute approximate surface area is 204 Å². The second kappa shape index (κ2) is 12.3. The molecule has 6 nitrogen and oxygen atoms in total. The van der Waals surface area contributed by atoms with Gasteiger partial charge in [0.25, 0.3) is 0 Å². The third-order valence-corrected chi connectivity index (χ3v) is 5.50. The number of hydrogen-bond acceptors (Lipinski definition) is 5. The summed E-state index contributed by atoms with van der Waals surface area (Å²) < 4.78 is 5.02. The highest BCUT2D eigenvalue weighted by molar-refractivity contribution is 6.32. The maximum absolute atomic E-state index is 11.8. The van der Waals surface area contributed by atoms with Gasteiger partial charge in [0.15, 0.2) is 0 Å². The molecule has 8 heteroatoms. The van der Waals surface area contributed by atoms with Crippen LogP contribution in [0.15, 0.2) is 65.8 Å². The zero-order valence-corrected chi connectivity index (χ0v) is 20.1. The Morgan fingerprint density at radius 1 is 1.12 bits per heavy atom. The topological polar surface area (TPSA) is 75.6 Å². The predicted octanol–water partition coefficient (Wildman–Crippen LogP) is 5.62. The summed E-state index contributed by atoms with van der Waals surface area (Å²) in [5.74, 6) is 0.637. The molecule has 1 amide bonds. The van der Waals surface area contributed by atoms with Crippen molar-refractivity contribution in [2.45, 2.75) is 13.3 Å². The summed E-state index contributed by atoms with van der Waals surface area (Å²) in [7, 11) is 1.68. The summed E-state index contributed by atoms with van der Waals surface area (Å²) >= 11 is 11.8. The van der Waals surface area contributed by atoms with Crippen molar-refractivity contribution in [1.29, 1.82) is 0 Å². The normalized spacial score (nSPS) is 12.5. The molecule has 1 aromatic heterocycles. The SMILES string of the molecule is COCCCNc1ccc(C2=NCC(=O)Nc3ccc(Cl)cc32)cn1.Cc1ccccc1Cl. The summed E-state index contributed by atoms with van der Waals surface area (Å²) in [5, 5.41) is 7.51. The first-order valence-corrected chi connectivity index (χ1v) is 11.3. The fourth-order valence-electron chi connectivity index (χ4n) is 3.12. The third kappa shape index (κ3) is 7.29. The van der Waals surface area contributed by atoms with Gasteiger partial charge in [-0.2, -0.15) is 0 Å². The van der Waals surface area contributed by atoms with E-state index in [4.69, 9.17) is 27.9 Å². The van der Waals surface area contributed by atoms with Gasteiger partial charge in [-0.3, -0.25) is 9.79 Å². The van der Waals surface area contributed by atoms with Gasteiger partial charge in [0.2, 0.25) is 5.91 Å². The van der Waals surface area contributed by atoms with E-state index in [0.29, 0.717) is 23.0 Å². The van der Waals surface area contributed by atoms with Gasteiger partial charge in [0.05, 0.1) is 11.4 Å². The number of nitrogens with zero attached hydrogens (tertiary/aromatic N) is 2. The highest BCUT2D eigenvalue weighted by Crippen LogP contribution is 2.26. The van der Waals surface area contributed by atoms with Crippen LogP contribution in [0.4, 0.5) is 11.5 Å². The lowest BCUT2D eigenvalue weighted by molar-refractivity contribution is -0.114. The van der Waals surface area contributed by atoms with Crippen LogP contribution in [-0.2, 0) is 9.53 Å². The fourth-order valence-corrected chi connectivity index (χ4v) is 3.42. The second-order valence-electron chi connectivity index (χ2n) is 7.36. The quantitative estimate of drug-likeness (QED) is 0.445. The predicted molar refractivity (Wildman–Crippen MR) is 136 cm³/mol. The van der Waals surface area contributed by atoms with E-state index in [1.165, 1.54) is 0 Å². The van der Waals surface area contributed by atoms with E-state index >= 15 is 0 Å². The number of aliphatic imine (C=N–C) groups is 1. The Balaban J connectivity index is 0.000000323. The van der Waals surface area contributed by atoms with E-state index in [1.807, 2.05) is 43.3 Å². The third-order valence-electron chi connectivity index (χ3n) is 4.84. The molecule has 2 aromatic carbocycles. The lowest BCUT2D eigenvalue weighted by Gasteiger charge is -2.11. The number of aromatic nitrogens is 1. The first-order valence-electron chi connectivity index (χ1n) is 10.5. The second-order valence-corrected chi connectivity index (χ2v) is 8.20. The number of nitrogens with one attached hydrogen (secondary N) is 2. The number of benzodiazepines with no additional fused rings is 1. The molecule has 4 rings (SSSR count). The lowest BCUT2D eigenvalue weighted by atomic mass is 10.0. The minimum atomic E-state index is -0.150. The van der Waals surface area contributed by atoms with Crippen LogP contribution in [0.25, 0.3) is 0 Å². The largest absolute Gasteiger partial charge is 0.385 e. The van der Waals surface area contributed by atoms with E-state index in [0.717, 1.165) is 40.5 Å². The molecule has 0 radical (unpaired) electrons. The van der Waals surface area contributed by atoms with Crippen molar-refractivity contribution in [1.82, 2.24) is 4.98 Å². The molecule has 2 heterocycles. The Morgan fingerprint density at radius 2 is 1.94 bits per heavy atom. The van der Waals surface area contributed by atoms with Crippen LogP contribution >= 0.6 is 23.2 Å². The molecule has 1 aliphatic rings. The summed E-state index contributed by atoms with van der Waals surface area (Å²) in [4.78, 5) is 20.7. The van der Waals surface area contributed by atoms with Crippen molar-refractivity contribution in [2.24, 2.45) is 4.99 Å². The molecule has 172 valence electrons. The van der Waals surface area contributed by atoms with Gasteiger partial charge in [-0.05, 0) is 55.3 Å². The van der Waals surface area contributed by atoms with Crippen molar-refractivity contribution in [3.63, 3.8) is 0 Å². The molecule has 0 bridgehead atoms. The Kier molecular flexibility index (Phi) is 9.24. The molecule has 0 saturated heterocycles. The number of halogens is 2. The number of ether oxygens (including phenoxy) is 1. The summed E-state index contributed by atoms with van der Waals surface area (Å²) in [6.45, 7) is 3.56. The number of fused-ring (bicyclic) bond motifs is 1. The molecule has 33 heavy (non-hydrogen) atoms. The number of aryl methyl sites for hydroxylation is 1. The zero-order valence-electron chi connectivity index (χ0n) is 18.6. The number of rotatable bonds is 6. The summed E-state index contributed by atoms with van der Waals surface area (Å²) in [6.07, 6.45) is 2.66. The van der Waals surface area contributed by atoms with Crippen molar-refractivity contribution < 1.29 is 9.53 Å². The molecule has 0 fully saturated rings. The lowest BCUT2D eigenvalue weighted by Crippen LogP contribution is -2.13. The van der Waals surface area contributed by atoms with Crippen LogP contribution in [0, 0.1) is 6.92 Å². The van der Waals surface area contributed by atoms with Crippen LogP contribution in [-0.4, -0.2) is 43.4 Å². The zero-order chi connectivity index (χ0) is 23.6. The van der Waals surface area contributed by atoms with E-state index < -0.39 is 0 Å². The number of carbonyl (C=O) groups excluding carboxylic acids is 1. The van der Waals surface area contributed by atoms with E-state index in [2.05, 4.69) is 20.6 Å². The van der Waals surface area contributed by atoms with Gasteiger partial charge in [-0.25, -0.2) is 4.98 Å². The Morgan fingerprint density at radius 3 is 2.61 bits per heavy atom. The summed E-state index contributed by atoms with van der Waals surface area (Å²) in [6, 6.07) is 16.9. The minimum absolute atomic E-state index is 0.0681. The van der Waals surface area contributed by atoms with Gasteiger partial charge < -0.3 is 15.4 Å². The first kappa shape index (κ1) is 24.7. The van der Waals surface area contributed by atoms with Gasteiger partial charge in [-0.1, -0.05) is 41.4 Å². The number of carbonyl (C=O) groups is 1.